The van der Waals surface area contributed by atoms with E-state index in [-0.39, 0.29) is 42.4 Å². The van der Waals surface area contributed by atoms with Crippen molar-refractivity contribution in [3.8, 4) is 0 Å². The van der Waals surface area contributed by atoms with Crippen LogP contribution in [0.3, 0.4) is 0 Å². The summed E-state index contributed by atoms with van der Waals surface area (Å²) in [5.74, 6) is -1.87. The SMILES string of the molecule is O=C(C1CCS(=O)(=O)CC1)N1CCN(c2ccccn2)CC1c1cccc(F)c1F. The molecular weight excluding hydrogens is 412 g/mol. The van der Waals surface area contributed by atoms with Gasteiger partial charge < -0.3 is 9.80 Å². The Labute approximate surface area is 174 Å². The van der Waals surface area contributed by atoms with Gasteiger partial charge in [0, 0.05) is 37.3 Å². The van der Waals surface area contributed by atoms with Crippen LogP contribution in [0.2, 0.25) is 0 Å². The molecule has 0 saturated carbocycles. The number of halogens is 2. The molecule has 3 heterocycles. The van der Waals surface area contributed by atoms with Gasteiger partial charge in [-0.15, -0.1) is 0 Å². The first-order chi connectivity index (χ1) is 14.4. The van der Waals surface area contributed by atoms with Crippen molar-refractivity contribution >= 4 is 21.6 Å². The first-order valence-electron chi connectivity index (χ1n) is 9.96. The number of amides is 1. The van der Waals surface area contributed by atoms with Crippen molar-refractivity contribution < 1.29 is 22.0 Å². The number of nitrogens with zero attached hydrogens (tertiary/aromatic N) is 3. The van der Waals surface area contributed by atoms with Gasteiger partial charge in [0.05, 0.1) is 17.5 Å². The van der Waals surface area contributed by atoms with Crippen LogP contribution in [-0.4, -0.2) is 55.3 Å². The lowest BCUT2D eigenvalue weighted by Crippen LogP contribution is -2.53. The lowest BCUT2D eigenvalue weighted by atomic mass is 9.96. The molecule has 2 aliphatic rings. The molecule has 2 aromatic rings. The summed E-state index contributed by atoms with van der Waals surface area (Å²) < 4.78 is 52.1. The zero-order valence-corrected chi connectivity index (χ0v) is 17.2. The van der Waals surface area contributed by atoms with Crippen molar-refractivity contribution in [2.45, 2.75) is 18.9 Å². The minimum atomic E-state index is -3.10. The van der Waals surface area contributed by atoms with Gasteiger partial charge in [-0.25, -0.2) is 22.2 Å². The Hall–Kier alpha value is -2.55. The quantitative estimate of drug-likeness (QED) is 0.741. The molecule has 0 N–H and O–H groups in total. The van der Waals surface area contributed by atoms with Crippen LogP contribution in [0.4, 0.5) is 14.6 Å². The molecule has 0 aliphatic carbocycles. The summed E-state index contributed by atoms with van der Waals surface area (Å²) in [7, 11) is -3.10. The van der Waals surface area contributed by atoms with Crippen molar-refractivity contribution in [1.82, 2.24) is 9.88 Å². The number of carbonyl (C=O) groups is 1. The van der Waals surface area contributed by atoms with E-state index in [2.05, 4.69) is 4.98 Å². The third kappa shape index (κ3) is 4.16. The van der Waals surface area contributed by atoms with E-state index < -0.39 is 33.4 Å². The number of benzene rings is 1. The van der Waals surface area contributed by atoms with Gasteiger partial charge in [0.25, 0.3) is 0 Å². The van der Waals surface area contributed by atoms with E-state index >= 15 is 0 Å². The smallest absolute Gasteiger partial charge is 0.226 e. The topological polar surface area (TPSA) is 70.6 Å². The average Bonchev–Trinajstić information content (AvgIpc) is 2.75. The van der Waals surface area contributed by atoms with Crippen LogP contribution >= 0.6 is 0 Å². The van der Waals surface area contributed by atoms with E-state index in [0.29, 0.717) is 18.9 Å². The van der Waals surface area contributed by atoms with Crippen molar-refractivity contribution in [2.24, 2.45) is 5.92 Å². The van der Waals surface area contributed by atoms with E-state index in [4.69, 9.17) is 0 Å². The Morgan fingerprint density at radius 1 is 1.03 bits per heavy atom. The van der Waals surface area contributed by atoms with Crippen LogP contribution in [-0.2, 0) is 14.6 Å². The number of aromatic nitrogens is 1. The van der Waals surface area contributed by atoms with Gasteiger partial charge in [-0.3, -0.25) is 4.79 Å². The molecule has 9 heteroatoms. The van der Waals surface area contributed by atoms with Gasteiger partial charge in [0.15, 0.2) is 11.6 Å². The van der Waals surface area contributed by atoms with Gasteiger partial charge in [-0.2, -0.15) is 0 Å². The van der Waals surface area contributed by atoms with Gasteiger partial charge in [-0.1, -0.05) is 18.2 Å². The molecule has 1 amide bonds. The number of hydrogen-bond acceptors (Lipinski definition) is 5. The van der Waals surface area contributed by atoms with E-state index in [1.807, 2.05) is 17.0 Å². The number of sulfone groups is 1. The molecule has 1 atom stereocenters. The fraction of sp³-hybridized carbons (Fsp3) is 0.429. The second-order valence-corrected chi connectivity index (χ2v) is 10.1. The molecule has 0 spiro atoms. The standard InChI is InChI=1S/C21H23F2N3O3S/c22-17-5-3-4-16(20(17)23)18-14-25(19-6-1-2-9-24-19)10-11-26(18)21(27)15-7-12-30(28,29)13-8-15/h1-6,9,15,18H,7-8,10-14H2. The summed E-state index contributed by atoms with van der Waals surface area (Å²) >= 11 is 0. The largest absolute Gasteiger partial charge is 0.352 e. The first-order valence-corrected chi connectivity index (χ1v) is 11.8. The predicted octanol–water partition coefficient (Wildman–Crippen LogP) is 2.57. The molecule has 6 nitrogen and oxygen atoms in total. The maximum Gasteiger partial charge on any atom is 0.226 e. The molecule has 1 aromatic carbocycles. The molecule has 0 radical (unpaired) electrons. The van der Waals surface area contributed by atoms with E-state index in [1.54, 1.807) is 17.2 Å². The van der Waals surface area contributed by atoms with Crippen LogP contribution in [0, 0.1) is 17.6 Å². The molecule has 0 bridgehead atoms. The van der Waals surface area contributed by atoms with Crippen LogP contribution in [0.25, 0.3) is 0 Å². The number of carbonyl (C=O) groups excluding carboxylic acids is 1. The van der Waals surface area contributed by atoms with Gasteiger partial charge in [0.2, 0.25) is 5.91 Å². The van der Waals surface area contributed by atoms with Gasteiger partial charge in [-0.05, 0) is 31.0 Å². The predicted molar refractivity (Wildman–Crippen MR) is 109 cm³/mol. The molecule has 1 aromatic heterocycles. The highest BCUT2D eigenvalue weighted by molar-refractivity contribution is 7.91. The first kappa shape index (κ1) is 20.7. The summed E-state index contributed by atoms with van der Waals surface area (Å²) in [5, 5.41) is 0. The number of piperazine rings is 1. The fourth-order valence-corrected chi connectivity index (χ4v) is 5.70. The molecule has 160 valence electrons. The van der Waals surface area contributed by atoms with Gasteiger partial charge in [0.1, 0.15) is 15.7 Å². The zero-order chi connectivity index (χ0) is 21.3. The van der Waals surface area contributed by atoms with Crippen LogP contribution in [0.15, 0.2) is 42.6 Å². The van der Waals surface area contributed by atoms with E-state index in [0.717, 1.165) is 6.07 Å². The summed E-state index contributed by atoms with van der Waals surface area (Å²) in [6.45, 7) is 1.09. The molecule has 2 saturated heterocycles. The second kappa shape index (κ2) is 8.29. The Morgan fingerprint density at radius 2 is 1.80 bits per heavy atom. The molecule has 30 heavy (non-hydrogen) atoms. The molecule has 2 fully saturated rings. The van der Waals surface area contributed by atoms with Crippen LogP contribution in [0.1, 0.15) is 24.4 Å². The molecule has 4 rings (SSSR count). The van der Waals surface area contributed by atoms with Crippen LogP contribution < -0.4 is 4.90 Å². The zero-order valence-electron chi connectivity index (χ0n) is 16.4. The normalized spacial score (nSPS) is 22.1. The molecule has 1 unspecified atom stereocenters. The summed E-state index contributed by atoms with van der Waals surface area (Å²) in [6.07, 6.45) is 2.19. The van der Waals surface area contributed by atoms with Gasteiger partial charge >= 0.3 is 0 Å². The summed E-state index contributed by atoms with van der Waals surface area (Å²) in [4.78, 5) is 21.1. The fourth-order valence-electron chi connectivity index (χ4n) is 4.21. The second-order valence-electron chi connectivity index (χ2n) is 7.75. The van der Waals surface area contributed by atoms with Crippen molar-refractivity contribution in [3.05, 3.63) is 59.8 Å². The number of pyridine rings is 1. The maximum absolute atomic E-state index is 14.7. The van der Waals surface area contributed by atoms with E-state index in [1.165, 1.54) is 12.1 Å². The Bertz CT molecular complexity index is 1020. The van der Waals surface area contributed by atoms with E-state index in [9.17, 15) is 22.0 Å². The minimum Gasteiger partial charge on any atom is -0.352 e. The Balaban J connectivity index is 1.63. The minimum absolute atomic E-state index is 0.0176. The van der Waals surface area contributed by atoms with Crippen molar-refractivity contribution in [3.63, 3.8) is 0 Å². The third-order valence-corrected chi connectivity index (χ3v) is 7.60. The number of rotatable bonds is 3. The lowest BCUT2D eigenvalue weighted by Gasteiger charge is -2.43. The maximum atomic E-state index is 14.7. The number of hydrogen-bond donors (Lipinski definition) is 0. The molecular formula is C21H23F2N3O3S. The Kier molecular flexibility index (Phi) is 5.73. The number of anilines is 1. The van der Waals surface area contributed by atoms with Crippen LogP contribution in [0.5, 0.6) is 0 Å². The molecule has 2 aliphatic heterocycles. The van der Waals surface area contributed by atoms with Crippen molar-refractivity contribution in [2.75, 3.05) is 36.0 Å². The Morgan fingerprint density at radius 3 is 2.50 bits per heavy atom. The summed E-state index contributed by atoms with van der Waals surface area (Å²) in [6, 6.07) is 8.77. The highest BCUT2D eigenvalue weighted by atomic mass is 32.2. The third-order valence-electron chi connectivity index (χ3n) is 5.88. The highest BCUT2D eigenvalue weighted by Crippen LogP contribution is 2.33. The average molecular weight is 435 g/mol. The lowest BCUT2D eigenvalue weighted by molar-refractivity contribution is -0.139. The van der Waals surface area contributed by atoms with Crippen molar-refractivity contribution in [1.29, 1.82) is 0 Å². The summed E-state index contributed by atoms with van der Waals surface area (Å²) in [5.41, 5.74) is 0.118. The highest BCUT2D eigenvalue weighted by Gasteiger charge is 2.38. The monoisotopic (exact) mass is 435 g/mol.